The minimum absolute atomic E-state index is 0.0146. The third-order valence-corrected chi connectivity index (χ3v) is 23.8. The number of ketones is 3. The molecule has 4 aromatic heterocycles. The van der Waals surface area contributed by atoms with Gasteiger partial charge in [-0.2, -0.15) is 10.1 Å². The van der Waals surface area contributed by atoms with Crippen molar-refractivity contribution in [1.82, 2.24) is 49.9 Å². The highest BCUT2D eigenvalue weighted by molar-refractivity contribution is 6.39. The van der Waals surface area contributed by atoms with E-state index in [0.29, 0.717) is 222 Å². The number of hydrogen-bond acceptors (Lipinski definition) is 32. The summed E-state index contributed by atoms with van der Waals surface area (Å²) in [4.78, 5) is 98.6. The molecule has 0 unspecified atom stereocenters. The zero-order chi connectivity index (χ0) is 91.0. The van der Waals surface area contributed by atoms with E-state index >= 15 is 0 Å². The van der Waals surface area contributed by atoms with Crippen molar-refractivity contribution in [3.8, 4) is 11.3 Å². The van der Waals surface area contributed by atoms with Crippen molar-refractivity contribution in [3.63, 3.8) is 0 Å². The Balaban J connectivity index is 0.586. The van der Waals surface area contributed by atoms with Crippen LogP contribution in [0.1, 0.15) is 156 Å². The van der Waals surface area contributed by atoms with E-state index in [2.05, 4.69) is 30.6 Å². The van der Waals surface area contributed by atoms with Crippen molar-refractivity contribution in [2.45, 2.75) is 231 Å². The number of aliphatic hydroxyl groups excluding tert-OH is 1. The number of piperidine rings is 1. The molecule has 1 saturated carbocycles. The zero-order valence-corrected chi connectivity index (χ0v) is 75.7. The number of unbranched alkanes of at least 4 members (excludes halogenated alkanes) is 2. The molecule has 1 aromatic carbocycles. The van der Waals surface area contributed by atoms with Gasteiger partial charge in [0.05, 0.1) is 148 Å². The molecule has 1 aliphatic carbocycles. The molecule has 127 heavy (non-hydrogen) atoms. The quantitative estimate of drug-likeness (QED) is 0.00938. The van der Waals surface area contributed by atoms with Crippen LogP contribution in [-0.2, 0) is 115 Å². The van der Waals surface area contributed by atoms with Crippen LogP contribution in [0.2, 0.25) is 0 Å². The van der Waals surface area contributed by atoms with Crippen molar-refractivity contribution in [3.05, 3.63) is 84.0 Å². The molecule has 15 atom stereocenters. The number of allylic oxidation sites excluding steroid dienone is 6. The summed E-state index contributed by atoms with van der Waals surface area (Å²) in [5, 5.41) is 40.8. The smallest absolute Gasteiger partial charge is 0.329 e. The first kappa shape index (κ1) is 102. The monoisotopic (exact) mass is 1780 g/mol. The molecule has 3 fully saturated rings. The van der Waals surface area contributed by atoms with E-state index in [4.69, 9.17) is 93.0 Å². The first-order valence-electron chi connectivity index (χ1n) is 45.2. The van der Waals surface area contributed by atoms with Gasteiger partial charge in [0.2, 0.25) is 11.7 Å². The van der Waals surface area contributed by atoms with Gasteiger partial charge >= 0.3 is 5.97 Å². The number of aromatic nitrogens is 8. The molecule has 9 rings (SSSR count). The molecule has 2 bridgehead atoms. The van der Waals surface area contributed by atoms with Gasteiger partial charge in [-0.3, -0.25) is 24.0 Å². The van der Waals surface area contributed by atoms with Gasteiger partial charge in [0.1, 0.15) is 53.5 Å². The Bertz CT molecular complexity index is 4330. The predicted molar refractivity (Wildman–Crippen MR) is 471 cm³/mol. The summed E-state index contributed by atoms with van der Waals surface area (Å²) >= 11 is 0. The minimum atomic E-state index is -2.48. The lowest BCUT2D eigenvalue weighted by atomic mass is 9.80. The number of carbonyl (C=O) groups is 6. The first-order chi connectivity index (χ1) is 61.4. The van der Waals surface area contributed by atoms with Crippen LogP contribution >= 0.6 is 0 Å². The van der Waals surface area contributed by atoms with Crippen LogP contribution in [0.3, 0.4) is 0 Å². The Morgan fingerprint density at radius 2 is 1.40 bits per heavy atom. The van der Waals surface area contributed by atoms with Crippen LogP contribution in [0.5, 0.6) is 0 Å². The lowest BCUT2D eigenvalue weighted by Crippen LogP contribution is -2.61. The number of oxazole rings is 1. The Morgan fingerprint density at radius 3 is 2.08 bits per heavy atom. The molecule has 36 nitrogen and oxygen atoms in total. The predicted octanol–water partition coefficient (Wildman–Crippen LogP) is 7.74. The number of benzene rings is 1. The molecule has 2 saturated heterocycles. The number of anilines is 2. The number of rotatable bonds is 45. The number of amides is 2. The van der Waals surface area contributed by atoms with Crippen molar-refractivity contribution in [2.75, 3.05) is 158 Å². The Hall–Kier alpha value is -8.28. The average Bonchev–Trinajstić information content (AvgIpc) is 1.54. The Morgan fingerprint density at radius 1 is 0.717 bits per heavy atom. The topological polar surface area (TPSA) is 466 Å². The summed E-state index contributed by atoms with van der Waals surface area (Å²) in [5.74, 6) is -8.05. The molecule has 2 amide bonds. The largest absolute Gasteiger partial charge is 0.459 e. The van der Waals surface area contributed by atoms with E-state index in [9.17, 15) is 39.0 Å². The molecule has 36 heteroatoms. The standard InChI is InChI=1S/C91H139N13O23/c1-60-19-11-10-12-20-61(2)76(113-7)56-69-26-23-65(6)91(112,127-69)85(109)88(110)103-31-16-13-22-72(103)89(111)125-77(57-73(105)62(3)52-64(5)83(108)84(115-9)82(107)63(4)51-60)70(92)53-66-24-27-75(78(54-66)114-8)124-34-18-14-21-68-58-102(101-99-68)33-36-117-38-40-119-42-44-121-46-48-123-50-49-122-47-45-120-43-41-118-39-37-116-35-29-79(106)95-30-15-17-32-104-87-80(86(93)96-59-97-87)81(100-104)67-25-28-74-71(55-67)98-90(94)126-74/h10-12,19-20,25,28,52,55,58-60,62-63,65-66,69-70,72,75-78,83-84,108,112H,13-18,21-24,26-27,29-51,53-54,56-57,92H2,1-9H3,(H2,94,98)(H,95,106)(H2,93,96,97)/b12-10?,19-11+,61-20?,64-52+/t60-,62-,63-,65-,66+,69+,70-,72+,75-,76+,77+,78-,83-,84+,91-/m1/s1. The Labute approximate surface area is 745 Å². The molecule has 706 valence electrons. The lowest BCUT2D eigenvalue weighted by molar-refractivity contribution is -0.265. The SMILES string of the molecule is CO[C@H]1C[C@@H]2CC[C@@H](C)[C@@](O)(O2)C(=O)C(=O)N2CCCC[C@H]2C(=O)O[C@H]([C@H](N)C[C@@H]2CC[C@@H](OCCCCc3cn(CCOCCOCCOCCOCCOCCOCCOCCOCCC(=O)NCCCCn4nc(-c5ccc6oc(N)nc6c5)c5c(N)ncnc54)nn3)[C@H](OC)C2)CC(=O)[C@H](C)/C=C(\C)[C@@H](O)[C@@H](OC)C(=O)[C@H](C)C[C@H](C)/C=C/C=CC=C1C. The first-order valence-corrected chi connectivity index (χ1v) is 45.2. The van der Waals surface area contributed by atoms with Gasteiger partial charge in [-0.05, 0) is 151 Å². The van der Waals surface area contributed by atoms with Gasteiger partial charge in [0.25, 0.3) is 17.7 Å². The molecule has 4 aliphatic rings. The van der Waals surface area contributed by atoms with Crippen molar-refractivity contribution in [1.29, 1.82) is 0 Å². The fraction of sp³-hybridized carbons (Fsp3) is 0.692. The molecule has 0 spiro atoms. The van der Waals surface area contributed by atoms with E-state index < -0.39 is 83.8 Å². The number of nitrogens with two attached hydrogens (primary N) is 3. The summed E-state index contributed by atoms with van der Waals surface area (Å²) < 4.78 is 90.5. The number of nitrogens with zero attached hydrogens (tertiary/aromatic N) is 9. The maximum atomic E-state index is 14.7. The molecular formula is C91H139N13O23. The summed E-state index contributed by atoms with van der Waals surface area (Å²) in [6.45, 7) is 19.4. The molecule has 3 aliphatic heterocycles. The van der Waals surface area contributed by atoms with Crippen molar-refractivity contribution in [2.24, 2.45) is 35.3 Å². The number of nitrogen functional groups attached to an aromatic ring is 2. The molecule has 0 radical (unpaired) electrons. The van der Waals surface area contributed by atoms with Crippen LogP contribution < -0.4 is 22.5 Å². The molecule has 7 heterocycles. The number of cyclic esters (lactones) is 1. The van der Waals surface area contributed by atoms with E-state index in [1.165, 1.54) is 13.4 Å². The lowest BCUT2D eigenvalue weighted by Gasteiger charge is -2.42. The highest BCUT2D eigenvalue weighted by Crippen LogP contribution is 2.39. The van der Waals surface area contributed by atoms with Gasteiger partial charge in [0, 0.05) is 102 Å². The van der Waals surface area contributed by atoms with Crippen LogP contribution in [-0.4, -0.2) is 297 Å². The fourth-order valence-electron chi connectivity index (χ4n) is 16.4. The molecular weight excluding hydrogens is 1640 g/mol. The summed E-state index contributed by atoms with van der Waals surface area (Å²) in [7, 11) is 4.59. The number of hydrogen-bond donors (Lipinski definition) is 6. The van der Waals surface area contributed by atoms with Crippen LogP contribution in [0.4, 0.5) is 11.8 Å². The highest BCUT2D eigenvalue weighted by atomic mass is 16.6. The number of nitrogens with one attached hydrogen (secondary N) is 1. The van der Waals surface area contributed by atoms with Gasteiger partial charge in [-0.25, -0.2) is 24.1 Å². The maximum absolute atomic E-state index is 14.7. The molecule has 9 N–H and O–H groups in total. The van der Waals surface area contributed by atoms with Gasteiger partial charge in [-0.15, -0.1) is 5.10 Å². The normalized spacial score (nSPS) is 25.9. The van der Waals surface area contributed by atoms with Gasteiger partial charge < -0.3 is 108 Å². The minimum Gasteiger partial charge on any atom is -0.459 e. The highest BCUT2D eigenvalue weighted by Gasteiger charge is 2.53. The third-order valence-electron chi connectivity index (χ3n) is 23.8. The van der Waals surface area contributed by atoms with Crippen molar-refractivity contribution < 1.29 is 110 Å². The maximum Gasteiger partial charge on any atom is 0.329 e. The zero-order valence-electron chi connectivity index (χ0n) is 75.7. The van der Waals surface area contributed by atoms with E-state index in [-0.39, 0.29) is 86.4 Å². The summed E-state index contributed by atoms with van der Waals surface area (Å²) in [6, 6.07) is 3.48. The van der Waals surface area contributed by atoms with E-state index in [0.717, 1.165) is 53.8 Å². The number of aliphatic hydroxyl groups is 2. The number of Topliss-reactive ketones (excluding diaryl/α,β-unsaturated/α-hetero) is 3. The second-order valence-corrected chi connectivity index (χ2v) is 33.5. The van der Waals surface area contributed by atoms with Gasteiger partial charge in [0.15, 0.2) is 17.0 Å². The Kier molecular flexibility index (Phi) is 43.9. The van der Waals surface area contributed by atoms with Crippen LogP contribution in [0.15, 0.2) is 82.7 Å². The summed E-state index contributed by atoms with van der Waals surface area (Å²) in [5.41, 5.74) is 24.4. The molecule has 5 aromatic rings. The third kappa shape index (κ3) is 32.4. The average molecular weight is 1780 g/mol. The van der Waals surface area contributed by atoms with Gasteiger partial charge in [-0.1, -0.05) is 69.4 Å². The van der Waals surface area contributed by atoms with Crippen molar-refractivity contribution >= 4 is 69.1 Å². The van der Waals surface area contributed by atoms with Crippen LogP contribution in [0.25, 0.3) is 33.4 Å². The number of esters is 1. The number of methoxy groups -OCH3 is 3. The second kappa shape index (κ2) is 54.4. The number of carbonyl (C=O) groups excluding carboxylic acids is 6. The summed E-state index contributed by atoms with van der Waals surface area (Å²) in [6.07, 6.45) is 18.0. The number of aryl methyl sites for hydroxylation is 2. The second-order valence-electron chi connectivity index (χ2n) is 33.5. The number of ether oxygens (including phenoxy) is 14. The fourth-order valence-corrected chi connectivity index (χ4v) is 16.4. The van der Waals surface area contributed by atoms with E-state index in [1.54, 1.807) is 63.4 Å². The van der Waals surface area contributed by atoms with E-state index in [1.807, 2.05) is 62.6 Å². The van der Waals surface area contributed by atoms with Crippen LogP contribution in [0, 0.1) is 29.6 Å². The number of fused-ring (bicyclic) bond motifs is 5.